The van der Waals surface area contributed by atoms with Crippen molar-refractivity contribution in [3.05, 3.63) is 24.3 Å². The lowest BCUT2D eigenvalue weighted by Crippen LogP contribution is -2.34. The molecule has 4 heteroatoms. The Morgan fingerprint density at radius 1 is 1.28 bits per heavy atom. The molecule has 18 heavy (non-hydrogen) atoms. The second-order valence-corrected chi connectivity index (χ2v) is 5.74. The Labute approximate surface area is 112 Å². The van der Waals surface area contributed by atoms with Gasteiger partial charge < -0.3 is 10.1 Å². The average Bonchev–Trinajstić information content (AvgIpc) is 2.43. The van der Waals surface area contributed by atoms with Crippen molar-refractivity contribution in [2.75, 3.05) is 19.4 Å². The molecule has 0 aliphatic rings. The van der Waals surface area contributed by atoms with E-state index in [0.29, 0.717) is 11.8 Å². The van der Waals surface area contributed by atoms with E-state index in [1.54, 1.807) is 7.11 Å². The fraction of sp³-hybridized carbons (Fsp3) is 0.571. The molecule has 0 radical (unpaired) electrons. The molecular formula is C14H23NO2S. The molecule has 0 aromatic heterocycles. The topological polar surface area (TPSA) is 38.3 Å². The molecule has 0 bridgehead atoms. The minimum absolute atomic E-state index is 0.327. The molecule has 1 aromatic rings. The van der Waals surface area contributed by atoms with Gasteiger partial charge in [0.05, 0.1) is 17.9 Å². The van der Waals surface area contributed by atoms with Crippen LogP contribution < -0.4 is 10.1 Å². The van der Waals surface area contributed by atoms with E-state index in [9.17, 15) is 4.21 Å². The summed E-state index contributed by atoms with van der Waals surface area (Å²) in [5.74, 6) is 1.47. The van der Waals surface area contributed by atoms with Crippen molar-refractivity contribution >= 4 is 10.8 Å². The van der Waals surface area contributed by atoms with Crippen LogP contribution in [-0.4, -0.2) is 29.7 Å². The van der Waals surface area contributed by atoms with Gasteiger partial charge in [-0.25, -0.2) is 0 Å². The van der Waals surface area contributed by atoms with Crippen molar-refractivity contribution in [1.29, 1.82) is 0 Å². The zero-order valence-electron chi connectivity index (χ0n) is 11.4. The van der Waals surface area contributed by atoms with Crippen LogP contribution in [0.5, 0.6) is 5.75 Å². The second-order valence-electron chi connectivity index (χ2n) is 4.25. The van der Waals surface area contributed by atoms with Gasteiger partial charge in [-0.2, -0.15) is 0 Å². The second kappa shape index (κ2) is 8.27. The predicted octanol–water partition coefficient (Wildman–Crippen LogP) is 2.58. The third-order valence-corrected chi connectivity index (χ3v) is 4.35. The third kappa shape index (κ3) is 4.78. The fourth-order valence-electron chi connectivity index (χ4n) is 1.68. The van der Waals surface area contributed by atoms with Crippen LogP contribution in [0.3, 0.4) is 0 Å². The summed E-state index contributed by atoms with van der Waals surface area (Å²) in [6, 6.07) is 7.79. The van der Waals surface area contributed by atoms with Gasteiger partial charge in [0.25, 0.3) is 0 Å². The van der Waals surface area contributed by atoms with Crippen molar-refractivity contribution in [3.63, 3.8) is 0 Å². The van der Waals surface area contributed by atoms with Gasteiger partial charge in [-0.05, 0) is 43.7 Å². The normalized spacial score (nSPS) is 14.2. The predicted molar refractivity (Wildman–Crippen MR) is 76.6 cm³/mol. The molecule has 0 amide bonds. The van der Waals surface area contributed by atoms with E-state index in [1.165, 1.54) is 0 Å². The van der Waals surface area contributed by atoms with Crippen LogP contribution in [0.4, 0.5) is 0 Å². The maximum atomic E-state index is 12.2. The Morgan fingerprint density at radius 3 is 2.44 bits per heavy atom. The quantitative estimate of drug-likeness (QED) is 0.788. The van der Waals surface area contributed by atoms with Crippen LogP contribution in [-0.2, 0) is 10.8 Å². The molecule has 2 unspecified atom stereocenters. The van der Waals surface area contributed by atoms with Crippen LogP contribution in [0.15, 0.2) is 29.2 Å². The molecule has 0 heterocycles. The minimum Gasteiger partial charge on any atom is -0.497 e. The molecule has 0 aliphatic carbocycles. The Morgan fingerprint density at radius 2 is 1.94 bits per heavy atom. The van der Waals surface area contributed by atoms with Gasteiger partial charge in [0.15, 0.2) is 0 Å². The fourth-order valence-corrected chi connectivity index (χ4v) is 3.03. The summed E-state index contributed by atoms with van der Waals surface area (Å²) in [6.45, 7) is 5.25. The molecule has 0 saturated carbocycles. The first-order chi connectivity index (χ1) is 8.71. The van der Waals surface area contributed by atoms with Crippen molar-refractivity contribution in [2.45, 2.75) is 37.6 Å². The van der Waals surface area contributed by atoms with E-state index in [-0.39, 0.29) is 0 Å². The average molecular weight is 269 g/mol. The maximum Gasteiger partial charge on any atom is 0.118 e. The van der Waals surface area contributed by atoms with Gasteiger partial charge in [0, 0.05) is 16.7 Å². The van der Waals surface area contributed by atoms with Gasteiger partial charge >= 0.3 is 0 Å². The Balaban J connectivity index is 2.56. The summed E-state index contributed by atoms with van der Waals surface area (Å²) >= 11 is 0. The molecule has 0 aliphatic heterocycles. The van der Waals surface area contributed by atoms with Gasteiger partial charge in [0.2, 0.25) is 0 Å². The minimum atomic E-state index is -0.945. The molecule has 3 nitrogen and oxygen atoms in total. The highest BCUT2D eigenvalue weighted by molar-refractivity contribution is 7.85. The first kappa shape index (κ1) is 15.2. The number of hydrogen-bond acceptors (Lipinski definition) is 3. The van der Waals surface area contributed by atoms with Crippen LogP contribution in [0, 0.1) is 0 Å². The van der Waals surface area contributed by atoms with E-state index in [2.05, 4.69) is 19.2 Å². The van der Waals surface area contributed by atoms with E-state index in [4.69, 9.17) is 4.74 Å². The zero-order valence-corrected chi connectivity index (χ0v) is 12.3. The number of rotatable bonds is 8. The lowest BCUT2D eigenvalue weighted by Gasteiger charge is -2.16. The highest BCUT2D eigenvalue weighted by Gasteiger charge is 2.11. The number of methoxy groups -OCH3 is 1. The van der Waals surface area contributed by atoms with Gasteiger partial charge in [-0.3, -0.25) is 4.21 Å². The van der Waals surface area contributed by atoms with Gasteiger partial charge in [-0.15, -0.1) is 0 Å². The van der Waals surface area contributed by atoms with Crippen molar-refractivity contribution in [3.8, 4) is 5.75 Å². The van der Waals surface area contributed by atoms with Crippen LogP contribution in [0.2, 0.25) is 0 Å². The largest absolute Gasteiger partial charge is 0.497 e. The van der Waals surface area contributed by atoms with Crippen LogP contribution in [0.25, 0.3) is 0 Å². The molecule has 0 fully saturated rings. The maximum absolute atomic E-state index is 12.2. The van der Waals surface area contributed by atoms with Crippen LogP contribution >= 0.6 is 0 Å². The van der Waals surface area contributed by atoms with E-state index < -0.39 is 10.8 Å². The lowest BCUT2D eigenvalue weighted by molar-refractivity contribution is 0.414. The summed E-state index contributed by atoms with van der Waals surface area (Å²) in [6.07, 6.45) is 2.10. The first-order valence-electron chi connectivity index (χ1n) is 6.47. The monoisotopic (exact) mass is 269 g/mol. The summed E-state index contributed by atoms with van der Waals surface area (Å²) in [4.78, 5) is 0.868. The molecule has 0 spiro atoms. The standard InChI is InChI=1S/C14H23NO2S/c1-4-10-15-12(5-2)11-18(16)14-8-6-13(17-3)7-9-14/h6-9,12,15H,4-5,10-11H2,1-3H3. The molecule has 1 N–H and O–H groups in total. The molecule has 1 rings (SSSR count). The SMILES string of the molecule is CCCNC(CC)CS(=O)c1ccc(OC)cc1. The van der Waals surface area contributed by atoms with Crippen LogP contribution in [0.1, 0.15) is 26.7 Å². The summed E-state index contributed by atoms with van der Waals surface area (Å²) in [5, 5.41) is 3.42. The Hall–Kier alpha value is -0.870. The molecule has 102 valence electrons. The third-order valence-electron chi connectivity index (χ3n) is 2.85. The number of hydrogen-bond donors (Lipinski definition) is 1. The number of ether oxygens (including phenoxy) is 1. The number of nitrogens with one attached hydrogen (secondary N) is 1. The Kier molecular flexibility index (Phi) is 6.98. The Bertz CT molecular complexity index is 365. The summed E-state index contributed by atoms with van der Waals surface area (Å²) in [7, 11) is 0.688. The van der Waals surface area contributed by atoms with E-state index in [1.807, 2.05) is 24.3 Å². The van der Waals surface area contributed by atoms with Crippen molar-refractivity contribution in [1.82, 2.24) is 5.32 Å². The molecule has 2 atom stereocenters. The zero-order chi connectivity index (χ0) is 13.4. The molecular weight excluding hydrogens is 246 g/mol. The summed E-state index contributed by atoms with van der Waals surface area (Å²) < 4.78 is 17.3. The first-order valence-corrected chi connectivity index (χ1v) is 7.79. The van der Waals surface area contributed by atoms with Crippen molar-refractivity contribution in [2.24, 2.45) is 0 Å². The van der Waals surface area contributed by atoms with E-state index >= 15 is 0 Å². The van der Waals surface area contributed by atoms with Gasteiger partial charge in [0.1, 0.15) is 5.75 Å². The molecule has 1 aromatic carbocycles. The molecule has 0 saturated heterocycles. The highest BCUT2D eigenvalue weighted by atomic mass is 32.2. The van der Waals surface area contributed by atoms with Crippen molar-refractivity contribution < 1.29 is 8.95 Å². The van der Waals surface area contributed by atoms with Gasteiger partial charge in [-0.1, -0.05) is 13.8 Å². The summed E-state index contributed by atoms with van der Waals surface area (Å²) in [5.41, 5.74) is 0. The highest BCUT2D eigenvalue weighted by Crippen LogP contribution is 2.15. The lowest BCUT2D eigenvalue weighted by atomic mass is 10.2. The van der Waals surface area contributed by atoms with E-state index in [0.717, 1.165) is 30.0 Å². The smallest absolute Gasteiger partial charge is 0.118 e. The number of benzene rings is 1.